The van der Waals surface area contributed by atoms with E-state index >= 15 is 0 Å². The Morgan fingerprint density at radius 1 is 1.44 bits per heavy atom. The van der Waals surface area contributed by atoms with Crippen molar-refractivity contribution >= 4 is 23.1 Å². The predicted molar refractivity (Wildman–Crippen MR) is 84.9 cm³/mol. The molecule has 2 rings (SSSR count). The SMILES string of the molecule is CCSC1CCCC1NC(C)c1cc(C)sc1C. The molecule has 1 aliphatic rings. The molecule has 18 heavy (non-hydrogen) atoms. The van der Waals surface area contributed by atoms with E-state index < -0.39 is 0 Å². The molecule has 1 nitrogen and oxygen atoms in total. The van der Waals surface area contributed by atoms with E-state index in [1.165, 1.54) is 40.3 Å². The summed E-state index contributed by atoms with van der Waals surface area (Å²) in [7, 11) is 0. The molecule has 0 spiro atoms. The summed E-state index contributed by atoms with van der Waals surface area (Å²) in [6, 6.07) is 3.57. The molecule has 1 fully saturated rings. The molecule has 0 bridgehead atoms. The molecule has 3 unspecified atom stereocenters. The molecule has 1 aliphatic carbocycles. The number of nitrogens with one attached hydrogen (secondary N) is 1. The van der Waals surface area contributed by atoms with Gasteiger partial charge in [0.2, 0.25) is 0 Å². The zero-order chi connectivity index (χ0) is 13.1. The Balaban J connectivity index is 1.98. The summed E-state index contributed by atoms with van der Waals surface area (Å²) in [5.74, 6) is 1.24. The van der Waals surface area contributed by atoms with Gasteiger partial charge in [0.1, 0.15) is 0 Å². The molecule has 1 heterocycles. The fourth-order valence-electron chi connectivity index (χ4n) is 3.02. The van der Waals surface area contributed by atoms with Crippen molar-refractivity contribution < 1.29 is 0 Å². The normalized spacial score (nSPS) is 25.6. The number of aryl methyl sites for hydroxylation is 2. The minimum absolute atomic E-state index is 0.498. The Kier molecular flexibility index (Phi) is 5.16. The zero-order valence-electron chi connectivity index (χ0n) is 12.0. The van der Waals surface area contributed by atoms with Gasteiger partial charge in [0.15, 0.2) is 0 Å². The first-order valence-corrected chi connectivity index (χ1v) is 8.93. The summed E-state index contributed by atoms with van der Waals surface area (Å²) in [6.07, 6.45) is 4.14. The Bertz CT molecular complexity index is 386. The lowest BCUT2D eigenvalue weighted by molar-refractivity contribution is 0.467. The van der Waals surface area contributed by atoms with Crippen molar-refractivity contribution in [2.45, 2.75) is 64.3 Å². The van der Waals surface area contributed by atoms with Crippen LogP contribution in [-0.4, -0.2) is 17.0 Å². The van der Waals surface area contributed by atoms with Crippen LogP contribution in [0.5, 0.6) is 0 Å². The van der Waals surface area contributed by atoms with Gasteiger partial charge < -0.3 is 5.32 Å². The quantitative estimate of drug-likeness (QED) is 0.841. The molecular formula is C15H25NS2. The first-order chi connectivity index (χ1) is 8.61. The third-order valence-electron chi connectivity index (χ3n) is 3.84. The topological polar surface area (TPSA) is 12.0 Å². The fraction of sp³-hybridized carbons (Fsp3) is 0.733. The monoisotopic (exact) mass is 283 g/mol. The van der Waals surface area contributed by atoms with Crippen molar-refractivity contribution in [2.24, 2.45) is 0 Å². The van der Waals surface area contributed by atoms with Gasteiger partial charge in [-0.2, -0.15) is 11.8 Å². The van der Waals surface area contributed by atoms with Crippen LogP contribution in [0, 0.1) is 13.8 Å². The van der Waals surface area contributed by atoms with Gasteiger partial charge in [-0.05, 0) is 51.0 Å². The van der Waals surface area contributed by atoms with Crippen molar-refractivity contribution in [1.29, 1.82) is 0 Å². The molecule has 0 aliphatic heterocycles. The lowest BCUT2D eigenvalue weighted by atomic mass is 10.1. The molecule has 1 aromatic heterocycles. The number of hydrogen-bond donors (Lipinski definition) is 1. The lowest BCUT2D eigenvalue weighted by Crippen LogP contribution is -2.36. The van der Waals surface area contributed by atoms with Crippen LogP contribution in [0.15, 0.2) is 6.07 Å². The number of hydrogen-bond acceptors (Lipinski definition) is 3. The van der Waals surface area contributed by atoms with E-state index in [1.54, 1.807) is 0 Å². The summed E-state index contributed by atoms with van der Waals surface area (Å²) in [5, 5.41) is 4.70. The van der Waals surface area contributed by atoms with Gasteiger partial charge >= 0.3 is 0 Å². The van der Waals surface area contributed by atoms with Crippen LogP contribution >= 0.6 is 23.1 Å². The van der Waals surface area contributed by atoms with Gasteiger partial charge in [0.05, 0.1) is 0 Å². The van der Waals surface area contributed by atoms with Gasteiger partial charge in [-0.1, -0.05) is 13.3 Å². The van der Waals surface area contributed by atoms with E-state index in [1.807, 2.05) is 11.3 Å². The Labute approximate surface area is 120 Å². The average molecular weight is 284 g/mol. The highest BCUT2D eigenvalue weighted by Crippen LogP contribution is 2.33. The van der Waals surface area contributed by atoms with Crippen LogP contribution in [0.4, 0.5) is 0 Å². The predicted octanol–water partition coefficient (Wildman–Crippen LogP) is 4.69. The molecule has 3 atom stereocenters. The maximum absolute atomic E-state index is 3.87. The number of rotatable bonds is 5. The van der Waals surface area contributed by atoms with Crippen molar-refractivity contribution in [3.8, 4) is 0 Å². The van der Waals surface area contributed by atoms with E-state index in [4.69, 9.17) is 0 Å². The first-order valence-electron chi connectivity index (χ1n) is 7.06. The van der Waals surface area contributed by atoms with Gasteiger partial charge in [0.25, 0.3) is 0 Å². The first kappa shape index (κ1) is 14.4. The smallest absolute Gasteiger partial charge is 0.0305 e. The average Bonchev–Trinajstić information content (AvgIpc) is 2.87. The van der Waals surface area contributed by atoms with E-state index in [0.717, 1.165) is 5.25 Å². The molecule has 1 N–H and O–H groups in total. The maximum atomic E-state index is 3.87. The molecule has 102 valence electrons. The van der Waals surface area contributed by atoms with Gasteiger partial charge in [-0.15, -0.1) is 11.3 Å². The summed E-state index contributed by atoms with van der Waals surface area (Å²) in [6.45, 7) is 9.05. The third-order valence-corrected chi connectivity index (χ3v) is 6.15. The summed E-state index contributed by atoms with van der Waals surface area (Å²) < 4.78 is 0. The van der Waals surface area contributed by atoms with Gasteiger partial charge in [-0.3, -0.25) is 0 Å². The zero-order valence-corrected chi connectivity index (χ0v) is 13.6. The van der Waals surface area contributed by atoms with Crippen LogP contribution in [0.25, 0.3) is 0 Å². The molecular weight excluding hydrogens is 258 g/mol. The molecule has 1 aromatic rings. The third kappa shape index (κ3) is 3.31. The van der Waals surface area contributed by atoms with Crippen molar-refractivity contribution in [2.75, 3.05) is 5.75 Å². The van der Waals surface area contributed by atoms with Crippen LogP contribution in [0.3, 0.4) is 0 Å². The molecule has 3 heteroatoms. The Morgan fingerprint density at radius 3 is 2.83 bits per heavy atom. The number of thiophene rings is 1. The highest BCUT2D eigenvalue weighted by atomic mass is 32.2. The molecule has 0 saturated heterocycles. The minimum Gasteiger partial charge on any atom is -0.306 e. The van der Waals surface area contributed by atoms with Crippen molar-refractivity contribution in [3.05, 3.63) is 21.4 Å². The molecule has 0 radical (unpaired) electrons. The van der Waals surface area contributed by atoms with E-state index in [9.17, 15) is 0 Å². The second kappa shape index (κ2) is 6.44. The fourth-order valence-corrected chi connectivity index (χ4v) is 5.25. The van der Waals surface area contributed by atoms with E-state index in [0.29, 0.717) is 12.1 Å². The highest BCUT2D eigenvalue weighted by molar-refractivity contribution is 7.99. The largest absolute Gasteiger partial charge is 0.306 e. The van der Waals surface area contributed by atoms with E-state index in [2.05, 4.69) is 50.8 Å². The lowest BCUT2D eigenvalue weighted by Gasteiger charge is -2.24. The van der Waals surface area contributed by atoms with Crippen LogP contribution in [0.2, 0.25) is 0 Å². The maximum Gasteiger partial charge on any atom is 0.0305 e. The second-order valence-electron chi connectivity index (χ2n) is 5.29. The standard InChI is InChI=1S/C15H25NS2/c1-5-17-15-8-6-7-14(15)16-11(3)13-9-10(2)18-12(13)4/h9,11,14-16H,5-8H2,1-4H3. The summed E-state index contributed by atoms with van der Waals surface area (Å²) >= 11 is 4.05. The van der Waals surface area contributed by atoms with Gasteiger partial charge in [-0.25, -0.2) is 0 Å². The molecule has 1 saturated carbocycles. The van der Waals surface area contributed by atoms with Crippen molar-refractivity contribution in [1.82, 2.24) is 5.32 Å². The summed E-state index contributed by atoms with van der Waals surface area (Å²) in [4.78, 5) is 2.91. The van der Waals surface area contributed by atoms with Crippen LogP contribution in [-0.2, 0) is 0 Å². The minimum atomic E-state index is 0.498. The Hall–Kier alpha value is 0.01000. The van der Waals surface area contributed by atoms with E-state index in [-0.39, 0.29) is 0 Å². The van der Waals surface area contributed by atoms with Crippen LogP contribution < -0.4 is 5.32 Å². The van der Waals surface area contributed by atoms with Gasteiger partial charge in [0, 0.05) is 27.1 Å². The summed E-state index contributed by atoms with van der Waals surface area (Å²) in [5.41, 5.74) is 1.50. The van der Waals surface area contributed by atoms with Crippen molar-refractivity contribution in [3.63, 3.8) is 0 Å². The molecule has 0 aromatic carbocycles. The highest BCUT2D eigenvalue weighted by Gasteiger charge is 2.28. The molecule has 0 amide bonds. The van der Waals surface area contributed by atoms with Crippen LogP contribution in [0.1, 0.15) is 54.5 Å². The second-order valence-corrected chi connectivity index (χ2v) is 8.26. The Morgan fingerprint density at radius 2 is 2.22 bits per heavy atom. The number of thioether (sulfide) groups is 1.